The van der Waals surface area contributed by atoms with Crippen molar-refractivity contribution in [1.82, 2.24) is 5.32 Å². The van der Waals surface area contributed by atoms with E-state index in [1.165, 1.54) is 24.9 Å². The predicted molar refractivity (Wildman–Crippen MR) is 78.2 cm³/mol. The molecule has 1 aromatic carbocycles. The summed E-state index contributed by atoms with van der Waals surface area (Å²) in [5.74, 6) is 0.750. The summed E-state index contributed by atoms with van der Waals surface area (Å²) in [7, 11) is 0. The maximum absolute atomic E-state index is 9.60. The average Bonchev–Trinajstić information content (AvgIpc) is 2.40. The molecule has 1 atom stereocenters. The number of ether oxygens (including phenoxy) is 1. The highest BCUT2D eigenvalue weighted by Gasteiger charge is 2.13. The van der Waals surface area contributed by atoms with Gasteiger partial charge in [0.25, 0.3) is 6.47 Å². The first kappa shape index (κ1) is 15.7. The van der Waals surface area contributed by atoms with Crippen LogP contribution < -0.4 is 5.32 Å². The summed E-state index contributed by atoms with van der Waals surface area (Å²) in [6.07, 6.45) is 2.66. The number of benzene rings is 1. The Morgan fingerprint density at radius 2 is 1.95 bits per heavy atom. The lowest BCUT2D eigenvalue weighted by atomic mass is 9.92. The zero-order chi connectivity index (χ0) is 14.1. The molecule has 1 aliphatic heterocycles. The van der Waals surface area contributed by atoms with Gasteiger partial charge in [0, 0.05) is 6.54 Å². The second-order valence-corrected chi connectivity index (χ2v) is 5.78. The molecule has 106 valence electrons. The molecule has 0 spiro atoms. The van der Waals surface area contributed by atoms with E-state index in [1.807, 2.05) is 20.8 Å². The summed E-state index contributed by atoms with van der Waals surface area (Å²) in [4.78, 5) is 9.60. The van der Waals surface area contributed by atoms with Crippen LogP contribution >= 0.6 is 0 Å². The molecule has 0 saturated carbocycles. The topological polar surface area (TPSA) is 38.3 Å². The third-order valence-electron chi connectivity index (χ3n) is 2.97. The van der Waals surface area contributed by atoms with Gasteiger partial charge in [-0.05, 0) is 51.6 Å². The summed E-state index contributed by atoms with van der Waals surface area (Å²) in [6, 6.07) is 10.8. The Bertz CT molecular complexity index is 351. The molecule has 0 amide bonds. The largest absolute Gasteiger partial charge is 0.462 e. The van der Waals surface area contributed by atoms with Crippen molar-refractivity contribution in [1.29, 1.82) is 0 Å². The summed E-state index contributed by atoms with van der Waals surface area (Å²) in [6.45, 7) is 8.28. The van der Waals surface area contributed by atoms with Crippen LogP contribution in [0.15, 0.2) is 30.3 Å². The fourth-order valence-electron chi connectivity index (χ4n) is 2.01. The number of carbonyl (C=O) groups excluding carboxylic acids is 1. The first-order chi connectivity index (χ1) is 9.03. The maximum Gasteiger partial charge on any atom is 0.293 e. The van der Waals surface area contributed by atoms with Crippen LogP contribution in [0.3, 0.4) is 0 Å². The van der Waals surface area contributed by atoms with Crippen LogP contribution in [0.25, 0.3) is 0 Å². The Kier molecular flexibility index (Phi) is 6.57. The Morgan fingerprint density at radius 3 is 2.37 bits per heavy atom. The van der Waals surface area contributed by atoms with E-state index in [1.54, 1.807) is 0 Å². The fraction of sp³-hybridized carbons (Fsp3) is 0.562. The molecular formula is C16H25NO2. The second kappa shape index (κ2) is 7.95. The fourth-order valence-corrected chi connectivity index (χ4v) is 2.01. The second-order valence-electron chi connectivity index (χ2n) is 5.78. The molecule has 1 unspecified atom stereocenters. The zero-order valence-electron chi connectivity index (χ0n) is 12.2. The number of nitrogens with one attached hydrogen (secondary N) is 1. The lowest BCUT2D eigenvalue weighted by Gasteiger charge is -2.22. The lowest BCUT2D eigenvalue weighted by Crippen LogP contribution is -2.28. The van der Waals surface area contributed by atoms with Gasteiger partial charge in [-0.15, -0.1) is 0 Å². The number of hydrogen-bond acceptors (Lipinski definition) is 3. The Morgan fingerprint density at radius 1 is 1.26 bits per heavy atom. The van der Waals surface area contributed by atoms with Crippen molar-refractivity contribution in [2.75, 3.05) is 13.1 Å². The maximum atomic E-state index is 9.60. The van der Waals surface area contributed by atoms with Crippen LogP contribution in [0.5, 0.6) is 0 Å². The Balaban J connectivity index is 0.000000224. The van der Waals surface area contributed by atoms with Crippen molar-refractivity contribution in [3.05, 3.63) is 35.9 Å². The van der Waals surface area contributed by atoms with Crippen LogP contribution in [0.2, 0.25) is 0 Å². The van der Waals surface area contributed by atoms with E-state index in [0.29, 0.717) is 6.47 Å². The van der Waals surface area contributed by atoms with Crippen molar-refractivity contribution >= 4 is 6.47 Å². The van der Waals surface area contributed by atoms with E-state index in [0.717, 1.165) is 12.5 Å². The molecule has 19 heavy (non-hydrogen) atoms. The minimum atomic E-state index is -0.318. The number of carbonyl (C=O) groups is 1. The van der Waals surface area contributed by atoms with Crippen LogP contribution in [-0.4, -0.2) is 25.2 Å². The standard InChI is InChI=1S/C11H15N.C5H10O2/c1-2-5-10(6-3-1)11-7-4-8-12-9-11;1-5(2,3)7-4-6/h1-3,5-6,11-12H,4,7-9H2;4H,1-3H3. The first-order valence-electron chi connectivity index (χ1n) is 6.90. The summed E-state index contributed by atoms with van der Waals surface area (Å²) >= 11 is 0. The van der Waals surface area contributed by atoms with Crippen molar-refractivity contribution in [3.8, 4) is 0 Å². The normalized spacial score (nSPS) is 19.0. The minimum Gasteiger partial charge on any atom is -0.462 e. The monoisotopic (exact) mass is 263 g/mol. The first-order valence-corrected chi connectivity index (χ1v) is 6.90. The van der Waals surface area contributed by atoms with Crippen LogP contribution in [-0.2, 0) is 9.53 Å². The van der Waals surface area contributed by atoms with Gasteiger partial charge < -0.3 is 10.1 Å². The van der Waals surface area contributed by atoms with E-state index < -0.39 is 0 Å². The van der Waals surface area contributed by atoms with Gasteiger partial charge in [-0.25, -0.2) is 0 Å². The van der Waals surface area contributed by atoms with Gasteiger partial charge in [0.05, 0.1) is 0 Å². The molecule has 1 heterocycles. The van der Waals surface area contributed by atoms with Crippen LogP contribution in [0.1, 0.15) is 45.1 Å². The lowest BCUT2D eigenvalue weighted by molar-refractivity contribution is -0.138. The molecule has 1 aliphatic rings. The van der Waals surface area contributed by atoms with Gasteiger partial charge in [0.15, 0.2) is 0 Å². The zero-order valence-corrected chi connectivity index (χ0v) is 12.2. The molecule has 2 rings (SSSR count). The van der Waals surface area contributed by atoms with Gasteiger partial charge >= 0.3 is 0 Å². The molecule has 1 fully saturated rings. The summed E-state index contributed by atoms with van der Waals surface area (Å²) < 4.78 is 4.55. The quantitative estimate of drug-likeness (QED) is 0.833. The number of piperidine rings is 1. The molecule has 3 nitrogen and oxygen atoms in total. The number of hydrogen-bond donors (Lipinski definition) is 1. The third kappa shape index (κ3) is 6.97. The highest BCUT2D eigenvalue weighted by Crippen LogP contribution is 2.22. The van der Waals surface area contributed by atoms with E-state index in [9.17, 15) is 4.79 Å². The van der Waals surface area contributed by atoms with Crippen molar-refractivity contribution in [3.63, 3.8) is 0 Å². The average molecular weight is 263 g/mol. The predicted octanol–water partition coefficient (Wildman–Crippen LogP) is 3.11. The van der Waals surface area contributed by atoms with Gasteiger partial charge in [0.2, 0.25) is 0 Å². The summed E-state index contributed by atoms with van der Waals surface area (Å²) in [5.41, 5.74) is 1.17. The molecule has 1 saturated heterocycles. The molecular weight excluding hydrogens is 238 g/mol. The van der Waals surface area contributed by atoms with E-state index in [-0.39, 0.29) is 5.60 Å². The highest BCUT2D eigenvalue weighted by atomic mass is 16.5. The van der Waals surface area contributed by atoms with Crippen molar-refractivity contribution in [2.45, 2.75) is 45.1 Å². The summed E-state index contributed by atoms with van der Waals surface area (Å²) in [5, 5.41) is 3.43. The van der Waals surface area contributed by atoms with Gasteiger partial charge in [-0.1, -0.05) is 30.3 Å². The molecule has 0 bridgehead atoms. The number of rotatable bonds is 2. The van der Waals surface area contributed by atoms with E-state index in [2.05, 4.69) is 40.4 Å². The van der Waals surface area contributed by atoms with Gasteiger partial charge in [-0.3, -0.25) is 4.79 Å². The molecule has 0 aromatic heterocycles. The smallest absolute Gasteiger partial charge is 0.293 e. The minimum absolute atomic E-state index is 0.318. The van der Waals surface area contributed by atoms with Gasteiger partial charge in [0.1, 0.15) is 5.60 Å². The third-order valence-corrected chi connectivity index (χ3v) is 2.97. The Labute approximate surface area is 116 Å². The highest BCUT2D eigenvalue weighted by molar-refractivity contribution is 5.37. The van der Waals surface area contributed by atoms with Crippen LogP contribution in [0.4, 0.5) is 0 Å². The molecule has 1 N–H and O–H groups in total. The molecule has 0 aliphatic carbocycles. The van der Waals surface area contributed by atoms with E-state index in [4.69, 9.17) is 0 Å². The van der Waals surface area contributed by atoms with E-state index >= 15 is 0 Å². The molecule has 3 heteroatoms. The molecule has 1 aromatic rings. The SMILES string of the molecule is CC(C)(C)OC=O.c1ccc(C2CCCNC2)cc1. The van der Waals surface area contributed by atoms with Crippen molar-refractivity contribution in [2.24, 2.45) is 0 Å². The van der Waals surface area contributed by atoms with Crippen molar-refractivity contribution < 1.29 is 9.53 Å². The molecule has 0 radical (unpaired) electrons. The van der Waals surface area contributed by atoms with Gasteiger partial charge in [-0.2, -0.15) is 0 Å². The Hall–Kier alpha value is -1.35. The van der Waals surface area contributed by atoms with Crippen LogP contribution in [0, 0.1) is 0 Å².